The Bertz CT molecular complexity index is 1600. The van der Waals surface area contributed by atoms with Crippen LogP contribution in [-0.4, -0.2) is 16.1 Å². The molecule has 0 atom stereocenters. The van der Waals surface area contributed by atoms with Crippen LogP contribution >= 0.6 is 11.3 Å². The SMILES string of the molecule is CC(C)CCc1cc(C#N)ccc1C(=C(c1ccc(C=CC(=O)O)cc1)c1ccc2scnc2c1)C1CCC1. The second-order valence-electron chi connectivity index (χ2n) is 10.7. The molecule has 1 aliphatic carbocycles. The summed E-state index contributed by atoms with van der Waals surface area (Å²) in [6, 6.07) is 23.2. The van der Waals surface area contributed by atoms with Crippen molar-refractivity contribution in [1.29, 1.82) is 5.26 Å². The van der Waals surface area contributed by atoms with Crippen LogP contribution in [0.15, 0.2) is 72.3 Å². The van der Waals surface area contributed by atoms with Crippen LogP contribution in [0.25, 0.3) is 27.4 Å². The molecule has 3 aromatic carbocycles. The van der Waals surface area contributed by atoms with E-state index in [-0.39, 0.29) is 0 Å². The highest BCUT2D eigenvalue weighted by molar-refractivity contribution is 7.16. The fourth-order valence-electron chi connectivity index (χ4n) is 5.25. The second kappa shape index (κ2) is 11.8. The molecule has 1 saturated carbocycles. The van der Waals surface area contributed by atoms with Gasteiger partial charge in [-0.05, 0) is 107 Å². The summed E-state index contributed by atoms with van der Waals surface area (Å²) >= 11 is 1.64. The first-order valence-corrected chi connectivity index (χ1v) is 14.4. The third kappa shape index (κ3) is 6.02. The van der Waals surface area contributed by atoms with E-state index in [9.17, 15) is 10.1 Å². The molecule has 5 rings (SSSR count). The molecular weight excluding hydrogens is 500 g/mol. The van der Waals surface area contributed by atoms with E-state index in [1.807, 2.05) is 23.7 Å². The van der Waals surface area contributed by atoms with Crippen molar-refractivity contribution in [3.63, 3.8) is 0 Å². The second-order valence-corrected chi connectivity index (χ2v) is 11.5. The molecule has 1 heterocycles. The minimum absolute atomic E-state index is 0.434. The van der Waals surface area contributed by atoms with Crippen LogP contribution in [0.1, 0.15) is 72.9 Å². The van der Waals surface area contributed by atoms with Gasteiger partial charge in [-0.3, -0.25) is 0 Å². The largest absolute Gasteiger partial charge is 0.478 e. The number of rotatable bonds is 9. The van der Waals surface area contributed by atoms with Gasteiger partial charge in [0.1, 0.15) is 0 Å². The Kier molecular flexibility index (Phi) is 8.05. The summed E-state index contributed by atoms with van der Waals surface area (Å²) in [7, 11) is 0. The summed E-state index contributed by atoms with van der Waals surface area (Å²) in [6.07, 6.45) is 8.26. The van der Waals surface area contributed by atoms with E-state index in [1.165, 1.54) is 34.8 Å². The third-order valence-electron chi connectivity index (χ3n) is 7.54. The number of thiazole rings is 1. The lowest BCUT2D eigenvalue weighted by atomic mass is 9.71. The summed E-state index contributed by atoms with van der Waals surface area (Å²) in [4.78, 5) is 15.6. The molecule has 0 bridgehead atoms. The Morgan fingerprint density at radius 2 is 1.87 bits per heavy atom. The predicted octanol–water partition coefficient (Wildman–Crippen LogP) is 8.61. The van der Waals surface area contributed by atoms with E-state index in [0.717, 1.165) is 52.6 Å². The summed E-state index contributed by atoms with van der Waals surface area (Å²) in [5.74, 6) is 0.0411. The number of fused-ring (bicyclic) bond motifs is 1. The van der Waals surface area contributed by atoms with Crippen molar-refractivity contribution < 1.29 is 9.90 Å². The molecule has 0 saturated heterocycles. The number of aryl methyl sites for hydroxylation is 1. The number of benzene rings is 3. The summed E-state index contributed by atoms with van der Waals surface area (Å²) in [6.45, 7) is 4.48. The molecule has 0 spiro atoms. The highest BCUT2D eigenvalue weighted by atomic mass is 32.1. The Balaban J connectivity index is 1.75. The van der Waals surface area contributed by atoms with Gasteiger partial charge in [0.2, 0.25) is 0 Å². The van der Waals surface area contributed by atoms with Gasteiger partial charge in [0.05, 0.1) is 27.4 Å². The van der Waals surface area contributed by atoms with E-state index in [4.69, 9.17) is 5.11 Å². The number of nitriles is 1. The fourth-order valence-corrected chi connectivity index (χ4v) is 5.91. The van der Waals surface area contributed by atoms with Gasteiger partial charge in [-0.25, -0.2) is 9.78 Å². The zero-order chi connectivity index (χ0) is 27.4. The number of aromatic nitrogens is 1. The Labute approximate surface area is 234 Å². The molecule has 1 fully saturated rings. The third-order valence-corrected chi connectivity index (χ3v) is 8.35. The lowest BCUT2D eigenvalue weighted by molar-refractivity contribution is -0.131. The first kappa shape index (κ1) is 26.6. The number of carbonyl (C=O) groups is 1. The van der Waals surface area contributed by atoms with E-state index in [0.29, 0.717) is 17.4 Å². The number of hydrogen-bond donors (Lipinski definition) is 1. The molecule has 4 nitrogen and oxygen atoms in total. The smallest absolute Gasteiger partial charge is 0.328 e. The molecule has 1 aromatic heterocycles. The van der Waals surface area contributed by atoms with Crippen LogP contribution in [0, 0.1) is 23.2 Å². The Hall–Kier alpha value is -4.01. The maximum absolute atomic E-state index is 11.0. The lowest BCUT2D eigenvalue weighted by Crippen LogP contribution is -2.16. The number of carboxylic acid groups (broad SMARTS) is 1. The minimum Gasteiger partial charge on any atom is -0.478 e. The van der Waals surface area contributed by atoms with Crippen LogP contribution < -0.4 is 0 Å². The zero-order valence-corrected chi connectivity index (χ0v) is 23.2. The maximum Gasteiger partial charge on any atom is 0.328 e. The van der Waals surface area contributed by atoms with Crippen molar-refractivity contribution in [3.05, 3.63) is 106 Å². The number of allylic oxidation sites excluding steroid dienone is 1. The van der Waals surface area contributed by atoms with Gasteiger partial charge in [-0.15, -0.1) is 11.3 Å². The number of nitrogens with zero attached hydrogens (tertiary/aromatic N) is 2. The van der Waals surface area contributed by atoms with Crippen LogP contribution in [-0.2, 0) is 11.2 Å². The van der Waals surface area contributed by atoms with Crippen LogP contribution in [0.4, 0.5) is 0 Å². The first-order chi connectivity index (χ1) is 18.9. The highest BCUT2D eigenvalue weighted by Crippen LogP contribution is 2.46. The van der Waals surface area contributed by atoms with Crippen LogP contribution in [0.3, 0.4) is 0 Å². The molecule has 0 aliphatic heterocycles. The summed E-state index contributed by atoms with van der Waals surface area (Å²) in [5.41, 5.74) is 11.7. The van der Waals surface area contributed by atoms with Gasteiger partial charge in [0.15, 0.2) is 0 Å². The van der Waals surface area contributed by atoms with Gasteiger partial charge in [-0.1, -0.05) is 56.7 Å². The molecule has 5 heteroatoms. The molecule has 1 aliphatic rings. The van der Waals surface area contributed by atoms with Crippen molar-refractivity contribution in [2.75, 3.05) is 0 Å². The molecule has 1 N–H and O–H groups in total. The van der Waals surface area contributed by atoms with E-state index in [1.54, 1.807) is 17.4 Å². The van der Waals surface area contributed by atoms with Crippen LogP contribution in [0.2, 0.25) is 0 Å². The number of aliphatic carboxylic acids is 1. The van der Waals surface area contributed by atoms with Crippen molar-refractivity contribution in [2.24, 2.45) is 11.8 Å². The summed E-state index contributed by atoms with van der Waals surface area (Å²) in [5, 5.41) is 18.7. The zero-order valence-electron chi connectivity index (χ0n) is 22.4. The Morgan fingerprint density at radius 1 is 1.10 bits per heavy atom. The Morgan fingerprint density at radius 3 is 2.54 bits per heavy atom. The van der Waals surface area contributed by atoms with Gasteiger partial charge in [0.25, 0.3) is 0 Å². The monoisotopic (exact) mass is 532 g/mol. The predicted molar refractivity (Wildman–Crippen MR) is 160 cm³/mol. The minimum atomic E-state index is -0.960. The fraction of sp³-hybridized carbons (Fsp3) is 0.265. The van der Waals surface area contributed by atoms with E-state index in [2.05, 4.69) is 67.4 Å². The van der Waals surface area contributed by atoms with Gasteiger partial charge >= 0.3 is 5.97 Å². The molecule has 196 valence electrons. The summed E-state index contributed by atoms with van der Waals surface area (Å²) < 4.78 is 1.16. The normalized spacial score (nSPS) is 14.4. The van der Waals surface area contributed by atoms with Crippen molar-refractivity contribution >= 4 is 44.7 Å². The van der Waals surface area contributed by atoms with Crippen LogP contribution in [0.5, 0.6) is 0 Å². The van der Waals surface area contributed by atoms with Crippen molar-refractivity contribution in [2.45, 2.75) is 46.0 Å². The van der Waals surface area contributed by atoms with E-state index < -0.39 is 5.97 Å². The molecule has 4 aromatic rings. The standard InChI is InChI=1S/C34H32N2O2S/c1-22(2)6-11-27-18-24(20-35)9-15-29(27)34(25-4-3-5-25)33(28-14-16-31-30(19-28)36-21-39-31)26-12-7-23(8-13-26)10-17-32(37)38/h7-10,12-19,21-22,25H,3-6,11H2,1-2H3,(H,37,38). The number of carboxylic acids is 1. The maximum atomic E-state index is 11.0. The van der Waals surface area contributed by atoms with Crippen molar-refractivity contribution in [1.82, 2.24) is 4.98 Å². The quantitative estimate of drug-likeness (QED) is 0.173. The topological polar surface area (TPSA) is 74.0 Å². The first-order valence-electron chi connectivity index (χ1n) is 13.6. The molecule has 0 radical (unpaired) electrons. The van der Waals surface area contributed by atoms with Crippen molar-refractivity contribution in [3.8, 4) is 6.07 Å². The highest BCUT2D eigenvalue weighted by Gasteiger charge is 2.29. The van der Waals surface area contributed by atoms with E-state index >= 15 is 0 Å². The van der Waals surface area contributed by atoms with Gasteiger partial charge in [0, 0.05) is 6.08 Å². The number of hydrogen-bond acceptors (Lipinski definition) is 4. The van der Waals surface area contributed by atoms with Gasteiger partial charge in [-0.2, -0.15) is 5.26 Å². The average Bonchev–Trinajstić information content (AvgIpc) is 3.38. The molecule has 0 unspecified atom stereocenters. The average molecular weight is 533 g/mol. The molecular formula is C34H32N2O2S. The molecule has 0 amide bonds. The van der Waals surface area contributed by atoms with Gasteiger partial charge < -0.3 is 5.11 Å². The lowest BCUT2D eigenvalue weighted by Gasteiger charge is -2.33. The molecule has 39 heavy (non-hydrogen) atoms.